The van der Waals surface area contributed by atoms with Crippen molar-refractivity contribution < 1.29 is 61.8 Å². The first-order valence-corrected chi connectivity index (χ1v) is 9.85. The number of rotatable bonds is 3. The molecule has 0 spiro atoms. The molecule has 0 fully saturated rings. The van der Waals surface area contributed by atoms with Gasteiger partial charge in [-0.1, -0.05) is 47.5 Å². The van der Waals surface area contributed by atoms with Crippen LogP contribution in [0.1, 0.15) is 26.3 Å². The van der Waals surface area contributed by atoms with E-state index in [-0.39, 0.29) is 62.3 Å². The van der Waals surface area contributed by atoms with Gasteiger partial charge in [-0.3, -0.25) is 4.79 Å². The molecule has 168 valence electrons. The molecule has 12 heteroatoms. The zero-order valence-corrected chi connectivity index (χ0v) is 20.6. The molecule has 4 rings (SSSR count). The molecule has 0 aliphatic carbocycles. The van der Waals surface area contributed by atoms with E-state index >= 15 is 0 Å². The smallest absolute Gasteiger partial charge is 0.545 e. The van der Waals surface area contributed by atoms with Crippen molar-refractivity contribution in [1.82, 2.24) is 9.78 Å². The zero-order chi connectivity index (χ0) is 24.1. The van der Waals surface area contributed by atoms with Crippen molar-refractivity contribution >= 4 is 46.0 Å². The summed E-state index contributed by atoms with van der Waals surface area (Å²) in [4.78, 5) is 24.3. The molecule has 0 radical (unpaired) electrons. The Morgan fingerprint density at radius 3 is 2.26 bits per heavy atom. The maximum atomic E-state index is 14.8. The van der Waals surface area contributed by atoms with Crippen LogP contribution in [0.5, 0.6) is 0 Å². The van der Waals surface area contributed by atoms with Crippen LogP contribution in [0.15, 0.2) is 54.6 Å². The molecule has 0 aliphatic rings. The molecular weight excluding hydrogens is 510 g/mol. The van der Waals surface area contributed by atoms with E-state index in [0.717, 1.165) is 30.3 Å². The number of carbonyl (C=O) groups excluding carboxylic acids is 2. The Labute approximate surface area is 221 Å². The molecule has 5 nitrogen and oxygen atoms in total. The zero-order valence-electron chi connectivity index (χ0n) is 17.1. The summed E-state index contributed by atoms with van der Waals surface area (Å²) in [6, 6.07) is 9.90. The summed E-state index contributed by atoms with van der Waals surface area (Å²) in [5.74, 6) is -3.56. The second kappa shape index (κ2) is 9.67. The Kier molecular flexibility index (Phi) is 7.45. The van der Waals surface area contributed by atoms with E-state index in [1.807, 2.05) is 0 Å². The van der Waals surface area contributed by atoms with E-state index in [1.165, 1.54) is 18.2 Å². The number of aromatic carboxylic acids is 1. The maximum Gasteiger partial charge on any atom is 1.00 e. The Morgan fingerprint density at radius 2 is 1.65 bits per heavy atom. The third-order valence-electron chi connectivity index (χ3n) is 4.84. The molecule has 1 heterocycles. The second-order valence-corrected chi connectivity index (χ2v) is 7.66. The van der Waals surface area contributed by atoms with Crippen LogP contribution in [0.3, 0.4) is 0 Å². The number of carbonyl (C=O) groups is 2. The molecule has 0 amide bonds. The Bertz CT molecular complexity index is 1450. The van der Waals surface area contributed by atoms with Crippen molar-refractivity contribution in [2.45, 2.75) is 6.18 Å². The molecule has 0 N–H and O–H groups in total. The topological polar surface area (TPSA) is 75.0 Å². The summed E-state index contributed by atoms with van der Waals surface area (Å²) in [5, 5.41) is 14.3. The number of benzene rings is 3. The van der Waals surface area contributed by atoms with E-state index < -0.39 is 40.0 Å². The van der Waals surface area contributed by atoms with Gasteiger partial charge >= 0.3 is 35.7 Å². The number of halogens is 6. The normalized spacial score (nSPS) is 11.4. The summed E-state index contributed by atoms with van der Waals surface area (Å²) >= 11 is 12.1. The Balaban J connectivity index is 0.00000324. The van der Waals surface area contributed by atoms with Crippen molar-refractivity contribution in [2.24, 2.45) is 0 Å². The molecule has 0 aliphatic heterocycles. The van der Waals surface area contributed by atoms with Crippen LogP contribution in [0.4, 0.5) is 17.6 Å². The average molecular weight is 519 g/mol. The van der Waals surface area contributed by atoms with Gasteiger partial charge in [-0.05, 0) is 35.9 Å². The van der Waals surface area contributed by atoms with Crippen LogP contribution < -0.4 is 34.7 Å². The standard InChI is InChI=1S/C22H10Cl2F4N2O3.Na/c23-13-4-1-3-12(22(26,27)28)17(13)20(31)30-16-6-2-5-15(25)18(16)19(29-30)11-8-7-10(21(32)33)9-14(11)24;/h1-9H,(H,32,33);/q;+1/p-1. The van der Waals surface area contributed by atoms with Crippen LogP contribution in [-0.2, 0) is 6.18 Å². The predicted octanol–water partition coefficient (Wildman–Crippen LogP) is 2.22. The average Bonchev–Trinajstić information content (AvgIpc) is 3.13. The van der Waals surface area contributed by atoms with Gasteiger partial charge in [0.05, 0.1) is 38.0 Å². The molecular formula is C22H9Cl2F4N2NaO3. The van der Waals surface area contributed by atoms with Gasteiger partial charge in [0.15, 0.2) is 0 Å². The van der Waals surface area contributed by atoms with Gasteiger partial charge < -0.3 is 9.90 Å². The number of alkyl halides is 3. The molecule has 3 aromatic carbocycles. The van der Waals surface area contributed by atoms with Crippen molar-refractivity contribution in [2.75, 3.05) is 0 Å². The molecule has 1 aromatic heterocycles. The van der Waals surface area contributed by atoms with Gasteiger partial charge in [0.2, 0.25) is 0 Å². The number of carboxylic acid groups (broad SMARTS) is 1. The number of fused-ring (bicyclic) bond motifs is 1. The third kappa shape index (κ3) is 4.58. The largest absolute Gasteiger partial charge is 1.00 e. The number of aromatic nitrogens is 2. The van der Waals surface area contributed by atoms with Crippen molar-refractivity contribution in [3.8, 4) is 11.3 Å². The van der Waals surface area contributed by atoms with Crippen LogP contribution in [0.25, 0.3) is 22.2 Å². The number of hydrogen-bond donors (Lipinski definition) is 0. The van der Waals surface area contributed by atoms with Crippen molar-refractivity contribution in [3.05, 3.63) is 87.2 Å². The van der Waals surface area contributed by atoms with Gasteiger partial charge in [0, 0.05) is 5.56 Å². The molecule has 4 aromatic rings. The minimum atomic E-state index is -4.89. The van der Waals surface area contributed by atoms with E-state index in [0.29, 0.717) is 10.7 Å². The summed E-state index contributed by atoms with van der Waals surface area (Å²) in [7, 11) is 0. The van der Waals surface area contributed by atoms with Gasteiger partial charge in [-0.2, -0.15) is 23.0 Å². The molecule has 0 saturated carbocycles. The minimum Gasteiger partial charge on any atom is -0.545 e. The van der Waals surface area contributed by atoms with Gasteiger partial charge in [-0.25, -0.2) is 4.39 Å². The van der Waals surface area contributed by atoms with Crippen molar-refractivity contribution in [1.29, 1.82) is 0 Å². The summed E-state index contributed by atoms with van der Waals surface area (Å²) in [5.41, 5.74) is -2.65. The molecule has 0 atom stereocenters. The van der Waals surface area contributed by atoms with Crippen molar-refractivity contribution in [3.63, 3.8) is 0 Å². The van der Waals surface area contributed by atoms with E-state index in [1.54, 1.807) is 0 Å². The molecule has 0 bridgehead atoms. The van der Waals surface area contributed by atoms with E-state index in [9.17, 15) is 32.3 Å². The van der Waals surface area contributed by atoms with E-state index in [2.05, 4.69) is 5.10 Å². The molecule has 0 saturated heterocycles. The number of hydrogen-bond acceptors (Lipinski definition) is 4. The first kappa shape index (κ1) is 26.2. The van der Waals surface area contributed by atoms with E-state index in [4.69, 9.17) is 23.2 Å². The fourth-order valence-electron chi connectivity index (χ4n) is 3.39. The Morgan fingerprint density at radius 1 is 0.971 bits per heavy atom. The van der Waals surface area contributed by atoms with Crippen LogP contribution in [0, 0.1) is 5.82 Å². The van der Waals surface area contributed by atoms with Gasteiger partial charge in [-0.15, -0.1) is 0 Å². The fourth-order valence-corrected chi connectivity index (χ4v) is 3.91. The SMILES string of the molecule is O=C([O-])c1ccc(-c2nn(C(=O)c3c(Cl)cccc3C(F)(F)F)c3cccc(F)c23)c(Cl)c1.[Na+]. The monoisotopic (exact) mass is 518 g/mol. The van der Waals surface area contributed by atoms with Crippen LogP contribution in [0.2, 0.25) is 10.0 Å². The molecule has 34 heavy (non-hydrogen) atoms. The Hall–Kier alpha value is -2.43. The third-order valence-corrected chi connectivity index (χ3v) is 5.47. The van der Waals surface area contributed by atoms with Gasteiger partial charge in [0.1, 0.15) is 11.5 Å². The predicted molar refractivity (Wildman–Crippen MR) is 111 cm³/mol. The van der Waals surface area contributed by atoms with Gasteiger partial charge in [0.25, 0.3) is 5.91 Å². The number of carboxylic acids is 1. The summed E-state index contributed by atoms with van der Waals surface area (Å²) in [6.45, 7) is 0. The summed E-state index contributed by atoms with van der Waals surface area (Å²) in [6.07, 6.45) is -4.89. The summed E-state index contributed by atoms with van der Waals surface area (Å²) < 4.78 is 56.0. The number of nitrogens with zero attached hydrogens (tertiary/aromatic N) is 2. The van der Waals surface area contributed by atoms with Crippen LogP contribution in [-0.4, -0.2) is 21.7 Å². The second-order valence-electron chi connectivity index (χ2n) is 6.84. The first-order valence-electron chi connectivity index (χ1n) is 9.09. The molecule has 0 unspecified atom stereocenters. The van der Waals surface area contributed by atoms with Crippen LogP contribution >= 0.6 is 23.2 Å². The minimum absolute atomic E-state index is 0. The maximum absolute atomic E-state index is 14.8. The quantitative estimate of drug-likeness (QED) is 0.308. The first-order chi connectivity index (χ1) is 15.5. The fraction of sp³-hybridized carbons (Fsp3) is 0.0455.